The first-order valence-corrected chi connectivity index (χ1v) is 11.4. The molecule has 0 radical (unpaired) electrons. The lowest BCUT2D eigenvalue weighted by molar-refractivity contribution is -0.187. The van der Waals surface area contributed by atoms with E-state index in [1.807, 2.05) is 0 Å². The van der Waals surface area contributed by atoms with Crippen molar-refractivity contribution >= 4 is 29.9 Å². The van der Waals surface area contributed by atoms with Crippen molar-refractivity contribution in [1.29, 1.82) is 0 Å². The molecule has 1 aromatic carbocycles. The van der Waals surface area contributed by atoms with Gasteiger partial charge in [-0.2, -0.15) is 5.10 Å². The highest BCUT2D eigenvalue weighted by atomic mass is 19.1. The summed E-state index contributed by atoms with van der Waals surface area (Å²) < 4.78 is 32.4. The third-order valence-corrected chi connectivity index (χ3v) is 5.20. The molecule has 3 aromatic rings. The van der Waals surface area contributed by atoms with Gasteiger partial charge < -0.3 is 19.5 Å². The molecule has 0 spiro atoms. The van der Waals surface area contributed by atoms with Crippen LogP contribution in [0.1, 0.15) is 32.9 Å². The summed E-state index contributed by atoms with van der Waals surface area (Å²) in [5.41, 5.74) is 1.04. The number of carbonyl (C=O) groups excluding carboxylic acids is 4. The lowest BCUT2D eigenvalue weighted by Gasteiger charge is -2.22. The number of anilines is 1. The van der Waals surface area contributed by atoms with Gasteiger partial charge in [-0.1, -0.05) is 5.21 Å². The summed E-state index contributed by atoms with van der Waals surface area (Å²) in [5.74, 6) is -4.01. The van der Waals surface area contributed by atoms with Crippen LogP contribution in [-0.2, 0) is 39.9 Å². The molecule has 0 bridgehead atoms. The van der Waals surface area contributed by atoms with Crippen LogP contribution in [0.15, 0.2) is 37.1 Å². The van der Waals surface area contributed by atoms with E-state index >= 15 is 0 Å². The van der Waals surface area contributed by atoms with E-state index in [9.17, 15) is 23.6 Å². The van der Waals surface area contributed by atoms with Gasteiger partial charge in [0.1, 0.15) is 41.8 Å². The number of aromatic nitrogens is 6. The van der Waals surface area contributed by atoms with Gasteiger partial charge in [0.2, 0.25) is 6.29 Å². The lowest BCUT2D eigenvalue weighted by atomic mass is 9.97. The number of esters is 2. The summed E-state index contributed by atoms with van der Waals surface area (Å²) in [4.78, 5) is 50.4. The average Bonchev–Trinajstić information content (AvgIpc) is 3.52. The third kappa shape index (κ3) is 7.91. The van der Waals surface area contributed by atoms with E-state index in [0.717, 1.165) is 6.92 Å². The van der Waals surface area contributed by atoms with Crippen LogP contribution in [0.4, 0.5) is 10.1 Å². The van der Waals surface area contributed by atoms with Crippen LogP contribution in [0.5, 0.6) is 0 Å². The topological polar surface area (TPSA) is 169 Å². The first-order chi connectivity index (χ1) is 18.2. The summed E-state index contributed by atoms with van der Waals surface area (Å²) >= 11 is 0. The molecule has 2 heterocycles. The summed E-state index contributed by atoms with van der Waals surface area (Å²) in [7, 11) is 0. The second-order valence-electron chi connectivity index (χ2n) is 8.16. The number of benzene rings is 1. The van der Waals surface area contributed by atoms with Crippen LogP contribution < -0.4 is 5.32 Å². The number of nitrogens with zero attached hydrogens (tertiary/aromatic N) is 6. The minimum Gasteiger partial charge on any atom is -0.463 e. The van der Waals surface area contributed by atoms with Crippen molar-refractivity contribution in [2.75, 3.05) is 11.9 Å². The standard InChI is InChI=1S/C23H26FN7O7/c1-14(33)20(23(35)38-16(3)37-15(2)34)7-19(36-13-32)8-26-17-4-5-22(21(24)6-17)31-10-18(28-29-31)9-30-12-25-11-27-30/h4-6,10-13,16,19-20,26H,7-9H2,1-3H3/t16?,19-,20?/m0/s1. The number of nitrogens with one attached hydrogen (secondary N) is 1. The van der Waals surface area contributed by atoms with Gasteiger partial charge in [-0.15, -0.1) is 5.10 Å². The third-order valence-electron chi connectivity index (χ3n) is 5.20. The number of hydrogen-bond acceptors (Lipinski definition) is 12. The maximum absolute atomic E-state index is 14.8. The van der Waals surface area contributed by atoms with E-state index < -0.39 is 41.9 Å². The SMILES string of the molecule is CC(=O)OC(C)OC(=O)C(C[C@@H](CNc1ccc(-n2cc(Cn3cncn3)nn2)c(F)c1)OC=O)C(C)=O. The van der Waals surface area contributed by atoms with Crippen molar-refractivity contribution in [3.05, 3.63) is 48.6 Å². The molecular formula is C23H26FN7O7. The summed E-state index contributed by atoms with van der Waals surface area (Å²) in [6, 6.07) is 4.27. The number of hydrogen-bond donors (Lipinski definition) is 1. The fraction of sp³-hybridized carbons (Fsp3) is 0.391. The number of Topliss-reactive ketones (excluding diaryl/α,β-unsaturated/α-hetero) is 1. The molecule has 0 saturated carbocycles. The van der Waals surface area contributed by atoms with Crippen LogP contribution in [0.3, 0.4) is 0 Å². The van der Waals surface area contributed by atoms with Crippen LogP contribution in [-0.4, -0.2) is 72.9 Å². The van der Waals surface area contributed by atoms with E-state index in [0.29, 0.717) is 17.9 Å². The smallest absolute Gasteiger partial charge is 0.319 e. The first-order valence-electron chi connectivity index (χ1n) is 11.4. The second kappa shape index (κ2) is 13.0. The Balaban J connectivity index is 1.62. The molecule has 0 saturated heterocycles. The molecule has 38 heavy (non-hydrogen) atoms. The summed E-state index contributed by atoms with van der Waals surface area (Å²) in [6.45, 7) is 4.11. The predicted octanol–water partition coefficient (Wildman–Crippen LogP) is 1.05. The summed E-state index contributed by atoms with van der Waals surface area (Å²) in [6.07, 6.45) is 2.13. The lowest BCUT2D eigenvalue weighted by Crippen LogP contribution is -2.35. The highest BCUT2D eigenvalue weighted by Gasteiger charge is 2.31. The first kappa shape index (κ1) is 27.9. The quantitative estimate of drug-likeness (QED) is 0.136. The molecule has 0 amide bonds. The molecule has 0 aliphatic rings. The Morgan fingerprint density at radius 2 is 2.00 bits per heavy atom. The largest absolute Gasteiger partial charge is 0.463 e. The maximum atomic E-state index is 14.8. The molecule has 0 aliphatic heterocycles. The molecule has 3 rings (SSSR count). The van der Waals surface area contributed by atoms with Gasteiger partial charge in [-0.05, 0) is 25.1 Å². The van der Waals surface area contributed by atoms with E-state index in [1.165, 1.54) is 43.3 Å². The molecule has 2 aromatic heterocycles. The number of halogens is 1. The van der Waals surface area contributed by atoms with Crippen LogP contribution in [0.2, 0.25) is 0 Å². The van der Waals surface area contributed by atoms with Gasteiger partial charge in [-0.25, -0.2) is 18.7 Å². The van der Waals surface area contributed by atoms with Gasteiger partial charge in [0.05, 0.1) is 19.3 Å². The molecule has 202 valence electrons. The van der Waals surface area contributed by atoms with E-state index in [1.54, 1.807) is 16.9 Å². The minimum absolute atomic E-state index is 0.0422. The molecule has 3 atom stereocenters. The molecular weight excluding hydrogens is 505 g/mol. The Labute approximate surface area is 216 Å². The minimum atomic E-state index is -1.28. The van der Waals surface area contributed by atoms with Gasteiger partial charge in [0, 0.05) is 26.0 Å². The van der Waals surface area contributed by atoms with Crippen molar-refractivity contribution in [1.82, 2.24) is 29.8 Å². The van der Waals surface area contributed by atoms with Crippen molar-refractivity contribution in [2.24, 2.45) is 5.92 Å². The Hall–Kier alpha value is -4.69. The van der Waals surface area contributed by atoms with Gasteiger partial charge in [-0.3, -0.25) is 19.2 Å². The second-order valence-corrected chi connectivity index (χ2v) is 8.16. The summed E-state index contributed by atoms with van der Waals surface area (Å²) in [5, 5.41) is 14.8. The van der Waals surface area contributed by atoms with E-state index in [-0.39, 0.29) is 25.1 Å². The fourth-order valence-corrected chi connectivity index (χ4v) is 3.46. The Morgan fingerprint density at radius 3 is 2.63 bits per heavy atom. The van der Waals surface area contributed by atoms with E-state index in [4.69, 9.17) is 14.2 Å². The number of carbonyl (C=O) groups is 4. The zero-order valence-electron chi connectivity index (χ0n) is 20.8. The average molecular weight is 532 g/mol. The van der Waals surface area contributed by atoms with Crippen molar-refractivity contribution in [3.8, 4) is 5.69 Å². The maximum Gasteiger partial charge on any atom is 0.319 e. The zero-order valence-corrected chi connectivity index (χ0v) is 20.8. The van der Waals surface area contributed by atoms with Crippen LogP contribution >= 0.6 is 0 Å². The monoisotopic (exact) mass is 531 g/mol. The number of rotatable bonds is 14. The Kier molecular flexibility index (Phi) is 9.56. The molecule has 2 unspecified atom stereocenters. The van der Waals surface area contributed by atoms with Crippen molar-refractivity contribution in [3.63, 3.8) is 0 Å². The number of ketones is 1. The molecule has 1 N–H and O–H groups in total. The van der Waals surface area contributed by atoms with Gasteiger partial charge >= 0.3 is 11.9 Å². The molecule has 0 aliphatic carbocycles. The molecule has 0 fully saturated rings. The van der Waals surface area contributed by atoms with Crippen molar-refractivity contribution in [2.45, 2.75) is 46.1 Å². The zero-order chi connectivity index (χ0) is 27.7. The number of ether oxygens (including phenoxy) is 3. The highest BCUT2D eigenvalue weighted by Crippen LogP contribution is 2.20. The van der Waals surface area contributed by atoms with Crippen LogP contribution in [0.25, 0.3) is 5.69 Å². The van der Waals surface area contributed by atoms with Gasteiger partial charge in [0.15, 0.2) is 5.82 Å². The Morgan fingerprint density at radius 1 is 1.21 bits per heavy atom. The van der Waals surface area contributed by atoms with E-state index in [2.05, 4.69) is 25.7 Å². The molecule has 15 heteroatoms. The molecule has 14 nitrogen and oxygen atoms in total. The van der Waals surface area contributed by atoms with Crippen LogP contribution in [0, 0.1) is 11.7 Å². The van der Waals surface area contributed by atoms with Gasteiger partial charge in [0.25, 0.3) is 6.47 Å². The predicted molar refractivity (Wildman–Crippen MR) is 126 cm³/mol. The fourth-order valence-electron chi connectivity index (χ4n) is 3.46. The Bertz CT molecular complexity index is 1260. The highest BCUT2D eigenvalue weighted by molar-refractivity contribution is 5.97. The van der Waals surface area contributed by atoms with Crippen molar-refractivity contribution < 1.29 is 37.8 Å². The normalized spacial score (nSPS) is 13.2.